The molecule has 0 unspecified atom stereocenters. The topological polar surface area (TPSA) is 24.1 Å². The number of anilines is 1. The van der Waals surface area contributed by atoms with Gasteiger partial charge in [-0.05, 0) is 61.3 Å². The van der Waals surface area contributed by atoms with Crippen molar-refractivity contribution in [1.29, 1.82) is 0 Å². The Labute approximate surface area is 139 Å². The highest BCUT2D eigenvalue weighted by molar-refractivity contribution is 7.80. The number of benzene rings is 2. The van der Waals surface area contributed by atoms with Crippen molar-refractivity contribution in [3.05, 3.63) is 65.2 Å². The summed E-state index contributed by atoms with van der Waals surface area (Å²) in [5, 5.41) is 7.40. The van der Waals surface area contributed by atoms with Gasteiger partial charge in [0.15, 0.2) is 5.11 Å². The van der Waals surface area contributed by atoms with E-state index in [1.807, 2.05) is 6.07 Å². The summed E-state index contributed by atoms with van der Waals surface area (Å²) in [6.45, 7) is 6.42. The van der Waals surface area contributed by atoms with Gasteiger partial charge in [0.05, 0.1) is 6.04 Å². The van der Waals surface area contributed by atoms with Crippen molar-refractivity contribution in [2.45, 2.75) is 39.7 Å². The molecule has 0 saturated carbocycles. The van der Waals surface area contributed by atoms with E-state index in [-0.39, 0.29) is 6.04 Å². The van der Waals surface area contributed by atoms with Crippen molar-refractivity contribution >= 4 is 23.0 Å². The van der Waals surface area contributed by atoms with Crippen LogP contribution in [0.25, 0.3) is 0 Å². The van der Waals surface area contributed by atoms with Crippen molar-refractivity contribution in [1.82, 2.24) is 5.32 Å². The largest absolute Gasteiger partial charge is 0.356 e. The summed E-state index contributed by atoms with van der Waals surface area (Å²) in [7, 11) is 0. The lowest BCUT2D eigenvalue weighted by molar-refractivity contribution is 0.584. The molecule has 0 amide bonds. The quantitative estimate of drug-likeness (QED) is 0.748. The highest BCUT2D eigenvalue weighted by atomic mass is 32.1. The van der Waals surface area contributed by atoms with Gasteiger partial charge in [-0.15, -0.1) is 0 Å². The molecule has 0 aliphatic heterocycles. The summed E-state index contributed by atoms with van der Waals surface area (Å²) in [5.41, 5.74) is 4.86. The fraction of sp³-hybridized carbons (Fsp3) is 0.316. The van der Waals surface area contributed by atoms with Gasteiger partial charge in [0.2, 0.25) is 0 Å². The van der Waals surface area contributed by atoms with E-state index >= 15 is 0 Å². The normalized spacial score (nSPS) is 11.8. The second kappa shape index (κ2) is 7.95. The Morgan fingerprint density at radius 3 is 2.41 bits per heavy atom. The van der Waals surface area contributed by atoms with E-state index in [0.29, 0.717) is 5.11 Å². The monoisotopic (exact) mass is 312 g/mol. The van der Waals surface area contributed by atoms with Crippen LogP contribution >= 0.6 is 12.2 Å². The fourth-order valence-corrected chi connectivity index (χ4v) is 2.70. The smallest absolute Gasteiger partial charge is 0.171 e. The van der Waals surface area contributed by atoms with E-state index in [1.54, 1.807) is 0 Å². The Bertz CT molecular complexity index is 623. The number of nitrogens with one attached hydrogen (secondary N) is 2. The first-order valence-corrected chi connectivity index (χ1v) is 8.20. The molecule has 0 aliphatic rings. The van der Waals surface area contributed by atoms with Crippen molar-refractivity contribution in [3.63, 3.8) is 0 Å². The molecular weight excluding hydrogens is 288 g/mol. The summed E-state index contributed by atoms with van der Waals surface area (Å²) in [6, 6.07) is 17.0. The van der Waals surface area contributed by atoms with Crippen LogP contribution in [0.2, 0.25) is 0 Å². The summed E-state index contributed by atoms with van der Waals surface area (Å²) in [4.78, 5) is 0. The van der Waals surface area contributed by atoms with Crippen LogP contribution in [0.4, 0.5) is 5.69 Å². The second-order valence-corrected chi connectivity index (χ2v) is 6.06. The molecule has 0 spiro atoms. The van der Waals surface area contributed by atoms with Crippen LogP contribution in [0.15, 0.2) is 48.5 Å². The van der Waals surface area contributed by atoms with Crippen molar-refractivity contribution < 1.29 is 0 Å². The van der Waals surface area contributed by atoms with Crippen LogP contribution < -0.4 is 10.6 Å². The third kappa shape index (κ3) is 4.57. The third-order valence-electron chi connectivity index (χ3n) is 3.85. The average Bonchev–Trinajstić information content (AvgIpc) is 2.51. The van der Waals surface area contributed by atoms with Crippen LogP contribution in [0.1, 0.15) is 42.5 Å². The van der Waals surface area contributed by atoms with Crippen LogP contribution in [0, 0.1) is 13.8 Å². The first-order chi connectivity index (χ1) is 10.6. The van der Waals surface area contributed by atoms with Crippen molar-refractivity contribution in [3.8, 4) is 0 Å². The minimum absolute atomic E-state index is 0.248. The van der Waals surface area contributed by atoms with Crippen LogP contribution in [-0.4, -0.2) is 5.11 Å². The van der Waals surface area contributed by atoms with E-state index in [1.165, 1.54) is 16.7 Å². The van der Waals surface area contributed by atoms with E-state index in [4.69, 9.17) is 12.2 Å². The molecule has 0 fully saturated rings. The highest BCUT2D eigenvalue weighted by Gasteiger charge is 2.11. The lowest BCUT2D eigenvalue weighted by Gasteiger charge is -2.21. The molecule has 2 aromatic rings. The van der Waals surface area contributed by atoms with Gasteiger partial charge in [0, 0.05) is 5.69 Å². The summed E-state index contributed by atoms with van der Waals surface area (Å²) >= 11 is 5.48. The molecule has 0 heterocycles. The zero-order valence-corrected chi connectivity index (χ0v) is 14.3. The molecule has 0 radical (unpaired) electrons. The van der Waals surface area contributed by atoms with E-state index in [2.05, 4.69) is 73.9 Å². The number of aryl methyl sites for hydroxylation is 2. The Morgan fingerprint density at radius 1 is 1.05 bits per heavy atom. The van der Waals surface area contributed by atoms with Gasteiger partial charge in [-0.1, -0.05) is 49.7 Å². The lowest BCUT2D eigenvalue weighted by atomic mass is 10.0. The maximum absolute atomic E-state index is 5.48. The standard InChI is InChI=1S/C19H24N2S/c1-4-8-18(16-9-6-5-7-10-16)21-19(22)20-17-12-11-14(2)15(3)13-17/h5-7,9-13,18H,4,8H2,1-3H3,(H2,20,21,22)/t18-/m1/s1. The molecule has 22 heavy (non-hydrogen) atoms. The number of rotatable bonds is 5. The molecule has 0 aromatic heterocycles. The Balaban J connectivity index is 2.03. The SMILES string of the molecule is CCC[C@@H](NC(=S)Nc1ccc(C)c(C)c1)c1ccccc1. The highest BCUT2D eigenvalue weighted by Crippen LogP contribution is 2.19. The Kier molecular flexibility index (Phi) is 5.96. The van der Waals surface area contributed by atoms with Gasteiger partial charge in [-0.25, -0.2) is 0 Å². The Hall–Kier alpha value is -1.87. The van der Waals surface area contributed by atoms with Gasteiger partial charge < -0.3 is 10.6 Å². The molecule has 3 heteroatoms. The lowest BCUT2D eigenvalue weighted by Crippen LogP contribution is -2.32. The van der Waals surface area contributed by atoms with Crippen molar-refractivity contribution in [2.75, 3.05) is 5.32 Å². The van der Waals surface area contributed by atoms with E-state index in [0.717, 1.165) is 18.5 Å². The van der Waals surface area contributed by atoms with Gasteiger partial charge in [0.1, 0.15) is 0 Å². The minimum Gasteiger partial charge on any atom is -0.356 e. The second-order valence-electron chi connectivity index (χ2n) is 5.65. The molecule has 2 rings (SSSR count). The zero-order valence-electron chi connectivity index (χ0n) is 13.5. The van der Waals surface area contributed by atoms with E-state index < -0.39 is 0 Å². The summed E-state index contributed by atoms with van der Waals surface area (Å²) in [6.07, 6.45) is 2.16. The molecule has 0 saturated heterocycles. The first kappa shape index (κ1) is 16.5. The maximum Gasteiger partial charge on any atom is 0.171 e. The number of hydrogen-bond acceptors (Lipinski definition) is 1. The summed E-state index contributed by atoms with van der Waals surface area (Å²) in [5.74, 6) is 0. The molecule has 2 aromatic carbocycles. The minimum atomic E-state index is 0.248. The van der Waals surface area contributed by atoms with Crippen LogP contribution in [-0.2, 0) is 0 Å². The molecule has 0 bridgehead atoms. The van der Waals surface area contributed by atoms with Gasteiger partial charge in [0.25, 0.3) is 0 Å². The average molecular weight is 312 g/mol. The van der Waals surface area contributed by atoms with Gasteiger partial charge >= 0.3 is 0 Å². The molecule has 2 nitrogen and oxygen atoms in total. The maximum atomic E-state index is 5.48. The Morgan fingerprint density at radius 2 is 1.77 bits per heavy atom. The molecule has 116 valence electrons. The molecule has 1 atom stereocenters. The van der Waals surface area contributed by atoms with Crippen LogP contribution in [0.5, 0.6) is 0 Å². The van der Waals surface area contributed by atoms with Crippen LogP contribution in [0.3, 0.4) is 0 Å². The molecular formula is C19H24N2S. The zero-order chi connectivity index (χ0) is 15.9. The molecule has 0 aliphatic carbocycles. The first-order valence-electron chi connectivity index (χ1n) is 7.80. The predicted molar refractivity (Wildman–Crippen MR) is 99.4 cm³/mol. The van der Waals surface area contributed by atoms with Crippen molar-refractivity contribution in [2.24, 2.45) is 0 Å². The third-order valence-corrected chi connectivity index (χ3v) is 4.07. The molecule has 2 N–H and O–H groups in total. The van der Waals surface area contributed by atoms with E-state index in [9.17, 15) is 0 Å². The van der Waals surface area contributed by atoms with Gasteiger partial charge in [-0.2, -0.15) is 0 Å². The van der Waals surface area contributed by atoms with Gasteiger partial charge in [-0.3, -0.25) is 0 Å². The predicted octanol–water partition coefficient (Wildman–Crippen LogP) is 5.13. The number of hydrogen-bond donors (Lipinski definition) is 2. The fourth-order valence-electron chi connectivity index (χ4n) is 2.44. The number of thiocarbonyl (C=S) groups is 1. The summed E-state index contributed by atoms with van der Waals surface area (Å²) < 4.78 is 0.